The van der Waals surface area contributed by atoms with Crippen LogP contribution in [-0.4, -0.2) is 6.61 Å². The second kappa shape index (κ2) is 5.33. The highest BCUT2D eigenvalue weighted by Crippen LogP contribution is 2.39. The summed E-state index contributed by atoms with van der Waals surface area (Å²) in [4.78, 5) is 0. The third kappa shape index (κ3) is 2.50. The molecule has 0 fully saturated rings. The number of unbranched alkanes of at least 4 members (excludes halogenated alkanes) is 1. The summed E-state index contributed by atoms with van der Waals surface area (Å²) < 4.78 is 5.95. The van der Waals surface area contributed by atoms with Gasteiger partial charge in [-0.3, -0.25) is 0 Å². The van der Waals surface area contributed by atoms with E-state index in [-0.39, 0.29) is 5.60 Å². The summed E-state index contributed by atoms with van der Waals surface area (Å²) in [5.41, 5.74) is 2.44. The van der Waals surface area contributed by atoms with Gasteiger partial charge in [-0.2, -0.15) is 0 Å². The van der Waals surface area contributed by atoms with Gasteiger partial charge in [0.1, 0.15) is 5.60 Å². The van der Waals surface area contributed by atoms with Gasteiger partial charge in [0, 0.05) is 0 Å². The molecule has 1 aromatic rings. The van der Waals surface area contributed by atoms with Gasteiger partial charge in [-0.1, -0.05) is 42.5 Å². The molecule has 1 nitrogen and oxygen atoms in total. The zero-order valence-corrected chi connectivity index (χ0v) is 10.5. The predicted molar refractivity (Wildman–Crippen MR) is 71.9 cm³/mol. The molecule has 0 saturated carbocycles. The zero-order chi connectivity index (χ0) is 12.1. The first-order chi connectivity index (χ1) is 8.27. The molecule has 1 atom stereocenters. The number of allylic oxidation sites excluding steroid dienone is 1. The van der Waals surface area contributed by atoms with Crippen LogP contribution in [0.3, 0.4) is 0 Å². The van der Waals surface area contributed by atoms with Gasteiger partial charge >= 0.3 is 0 Å². The molecule has 90 valence electrons. The Labute approximate surface area is 104 Å². The Morgan fingerprint density at radius 2 is 2.12 bits per heavy atom. The van der Waals surface area contributed by atoms with E-state index in [1.54, 1.807) is 0 Å². The summed E-state index contributed by atoms with van der Waals surface area (Å²) >= 11 is 0. The predicted octanol–water partition coefficient (Wildman–Crippen LogP) is 4.21. The highest BCUT2D eigenvalue weighted by Gasteiger charge is 2.34. The molecule has 1 heteroatoms. The second-order valence-electron chi connectivity index (χ2n) is 4.62. The van der Waals surface area contributed by atoms with Crippen LogP contribution in [0.1, 0.15) is 31.7 Å². The third-order valence-electron chi connectivity index (χ3n) is 3.49. The quantitative estimate of drug-likeness (QED) is 0.541. The van der Waals surface area contributed by atoms with Crippen molar-refractivity contribution in [2.75, 3.05) is 6.61 Å². The van der Waals surface area contributed by atoms with Gasteiger partial charge < -0.3 is 4.74 Å². The normalized spacial score (nSPS) is 23.5. The van der Waals surface area contributed by atoms with E-state index < -0.39 is 0 Å². The molecule has 1 aromatic carbocycles. The largest absolute Gasteiger partial charge is 0.362 e. The van der Waals surface area contributed by atoms with Crippen molar-refractivity contribution >= 4 is 0 Å². The van der Waals surface area contributed by atoms with Crippen LogP contribution in [0.4, 0.5) is 0 Å². The molecule has 2 rings (SSSR count). The van der Waals surface area contributed by atoms with Crippen LogP contribution in [0.2, 0.25) is 0 Å². The van der Waals surface area contributed by atoms with E-state index >= 15 is 0 Å². The Balaban J connectivity index is 2.14. The molecule has 0 saturated heterocycles. The Hall–Kier alpha value is -1.34. The lowest BCUT2D eigenvalue weighted by Crippen LogP contribution is -2.24. The van der Waals surface area contributed by atoms with Crippen LogP contribution in [0.15, 0.2) is 54.6 Å². The summed E-state index contributed by atoms with van der Waals surface area (Å²) in [5.74, 6) is 0. The Morgan fingerprint density at radius 1 is 1.35 bits per heavy atom. The fourth-order valence-electron chi connectivity index (χ4n) is 2.40. The molecule has 1 aliphatic heterocycles. The number of rotatable bonds is 5. The Morgan fingerprint density at radius 3 is 2.82 bits per heavy atom. The molecule has 1 unspecified atom stereocenters. The standard InChI is InChI=1S/C16H20O/c1-3-4-6-9-15-12-13-17-16(15,2)14-10-7-5-8-11-14/h3,5,7-8,10-12H,1,4,6,9,13H2,2H3. The molecule has 0 amide bonds. The fraction of sp³-hybridized carbons (Fsp3) is 0.375. The van der Waals surface area contributed by atoms with Crippen LogP contribution >= 0.6 is 0 Å². The van der Waals surface area contributed by atoms with Crippen LogP contribution in [0.5, 0.6) is 0 Å². The van der Waals surface area contributed by atoms with Crippen LogP contribution < -0.4 is 0 Å². The van der Waals surface area contributed by atoms with E-state index in [2.05, 4.69) is 43.8 Å². The van der Waals surface area contributed by atoms with E-state index in [0.29, 0.717) is 0 Å². The first-order valence-corrected chi connectivity index (χ1v) is 6.27. The molecule has 0 bridgehead atoms. The zero-order valence-electron chi connectivity index (χ0n) is 10.5. The molecular formula is C16H20O. The number of hydrogen-bond donors (Lipinski definition) is 0. The van der Waals surface area contributed by atoms with E-state index in [0.717, 1.165) is 25.9 Å². The van der Waals surface area contributed by atoms with Crippen molar-refractivity contribution in [3.8, 4) is 0 Å². The van der Waals surface area contributed by atoms with Crippen molar-refractivity contribution < 1.29 is 4.74 Å². The lowest BCUT2D eigenvalue weighted by molar-refractivity contribution is 0.0289. The average Bonchev–Trinajstić information content (AvgIpc) is 2.74. The maximum atomic E-state index is 5.95. The second-order valence-corrected chi connectivity index (χ2v) is 4.62. The highest BCUT2D eigenvalue weighted by molar-refractivity contribution is 5.34. The monoisotopic (exact) mass is 228 g/mol. The van der Waals surface area contributed by atoms with Crippen molar-refractivity contribution in [2.45, 2.75) is 31.8 Å². The van der Waals surface area contributed by atoms with Crippen molar-refractivity contribution in [1.82, 2.24) is 0 Å². The van der Waals surface area contributed by atoms with E-state index in [9.17, 15) is 0 Å². The van der Waals surface area contributed by atoms with Crippen molar-refractivity contribution in [1.29, 1.82) is 0 Å². The van der Waals surface area contributed by atoms with E-state index in [1.807, 2.05) is 12.1 Å². The van der Waals surface area contributed by atoms with Crippen molar-refractivity contribution in [2.24, 2.45) is 0 Å². The minimum absolute atomic E-state index is 0.220. The molecule has 0 radical (unpaired) electrons. The van der Waals surface area contributed by atoms with Crippen LogP contribution in [-0.2, 0) is 10.3 Å². The average molecular weight is 228 g/mol. The third-order valence-corrected chi connectivity index (χ3v) is 3.49. The SMILES string of the molecule is C=CCCCC1=CCOC1(C)c1ccccc1. The lowest BCUT2D eigenvalue weighted by atomic mass is 9.86. The highest BCUT2D eigenvalue weighted by atomic mass is 16.5. The summed E-state index contributed by atoms with van der Waals surface area (Å²) in [6.45, 7) is 6.68. The maximum Gasteiger partial charge on any atom is 0.112 e. The number of ether oxygens (including phenoxy) is 1. The molecule has 1 heterocycles. The van der Waals surface area contributed by atoms with Crippen LogP contribution in [0.25, 0.3) is 0 Å². The van der Waals surface area contributed by atoms with Gasteiger partial charge in [-0.25, -0.2) is 0 Å². The smallest absolute Gasteiger partial charge is 0.112 e. The van der Waals surface area contributed by atoms with Gasteiger partial charge in [0.05, 0.1) is 6.61 Å². The van der Waals surface area contributed by atoms with Gasteiger partial charge in [-0.15, -0.1) is 6.58 Å². The number of hydrogen-bond acceptors (Lipinski definition) is 1. The first-order valence-electron chi connectivity index (χ1n) is 6.27. The topological polar surface area (TPSA) is 9.23 Å². The molecule has 0 spiro atoms. The van der Waals surface area contributed by atoms with Gasteiger partial charge in [-0.05, 0) is 37.3 Å². The first kappa shape index (κ1) is 12.1. The fourth-order valence-corrected chi connectivity index (χ4v) is 2.40. The molecule has 1 aliphatic rings. The molecule has 0 N–H and O–H groups in total. The minimum Gasteiger partial charge on any atom is -0.362 e. The molecule has 0 aliphatic carbocycles. The summed E-state index contributed by atoms with van der Waals surface area (Å²) in [7, 11) is 0. The summed E-state index contributed by atoms with van der Waals surface area (Å²) in [6.07, 6.45) is 7.53. The summed E-state index contributed by atoms with van der Waals surface area (Å²) in [6, 6.07) is 10.5. The van der Waals surface area contributed by atoms with E-state index in [1.165, 1.54) is 11.1 Å². The molecule has 0 aromatic heterocycles. The Kier molecular flexibility index (Phi) is 3.80. The van der Waals surface area contributed by atoms with Crippen molar-refractivity contribution in [3.05, 3.63) is 60.2 Å². The molecular weight excluding hydrogens is 208 g/mol. The molecule has 17 heavy (non-hydrogen) atoms. The van der Waals surface area contributed by atoms with Crippen molar-refractivity contribution in [3.63, 3.8) is 0 Å². The maximum absolute atomic E-state index is 5.95. The number of benzene rings is 1. The van der Waals surface area contributed by atoms with Gasteiger partial charge in [0.15, 0.2) is 0 Å². The minimum atomic E-state index is -0.220. The van der Waals surface area contributed by atoms with E-state index in [4.69, 9.17) is 4.74 Å². The summed E-state index contributed by atoms with van der Waals surface area (Å²) in [5, 5.41) is 0. The van der Waals surface area contributed by atoms with Gasteiger partial charge in [0.25, 0.3) is 0 Å². The lowest BCUT2D eigenvalue weighted by Gasteiger charge is -2.28. The van der Waals surface area contributed by atoms with Gasteiger partial charge in [0.2, 0.25) is 0 Å². The van der Waals surface area contributed by atoms with Crippen LogP contribution in [0, 0.1) is 0 Å². The Bertz CT molecular complexity index is 405.